The number of hydrogen-bond donors (Lipinski definition) is 0. The highest BCUT2D eigenvalue weighted by Gasteiger charge is 2.16. The second-order valence-corrected chi connectivity index (χ2v) is 3.98. The van der Waals surface area contributed by atoms with Gasteiger partial charge in [-0.1, -0.05) is 0 Å². The Labute approximate surface area is 111 Å². The number of aromatic nitrogens is 2. The number of ketones is 1. The number of hydrogen-bond acceptors (Lipinski definition) is 4. The molecule has 2 aromatic rings. The normalized spacial score (nSPS) is 10.3. The first-order valence-corrected chi connectivity index (χ1v) is 5.98. The van der Waals surface area contributed by atoms with Gasteiger partial charge in [0.15, 0.2) is 5.78 Å². The van der Waals surface area contributed by atoms with Crippen LogP contribution in [0.5, 0.6) is 11.5 Å². The van der Waals surface area contributed by atoms with Crippen molar-refractivity contribution in [3.8, 4) is 11.5 Å². The standard InChI is InChI=1S/C14H16N2O3/c1-4-16-9-10(8-15-16)14(17)12-6-5-11(18-2)7-13(12)19-3/h5-9H,4H2,1-3H3. The Hall–Kier alpha value is -2.30. The second kappa shape index (κ2) is 5.56. The summed E-state index contributed by atoms with van der Waals surface area (Å²) in [5.41, 5.74) is 1.05. The lowest BCUT2D eigenvalue weighted by Gasteiger charge is -2.08. The van der Waals surface area contributed by atoms with Crippen LogP contribution in [0.15, 0.2) is 30.6 Å². The molecule has 0 fully saturated rings. The highest BCUT2D eigenvalue weighted by atomic mass is 16.5. The van der Waals surface area contributed by atoms with E-state index < -0.39 is 0 Å². The summed E-state index contributed by atoms with van der Waals surface area (Å²) < 4.78 is 12.1. The molecule has 0 aliphatic rings. The lowest BCUT2D eigenvalue weighted by molar-refractivity contribution is 0.103. The van der Waals surface area contributed by atoms with E-state index in [2.05, 4.69) is 5.10 Å². The largest absolute Gasteiger partial charge is 0.497 e. The molecule has 0 amide bonds. The second-order valence-electron chi connectivity index (χ2n) is 3.98. The molecule has 100 valence electrons. The maximum absolute atomic E-state index is 12.4. The Balaban J connectivity index is 2.37. The Kier molecular flexibility index (Phi) is 3.85. The summed E-state index contributed by atoms with van der Waals surface area (Å²) in [4.78, 5) is 12.4. The van der Waals surface area contributed by atoms with Crippen molar-refractivity contribution in [1.82, 2.24) is 9.78 Å². The zero-order valence-electron chi connectivity index (χ0n) is 11.2. The van der Waals surface area contributed by atoms with Gasteiger partial charge in [-0.05, 0) is 19.1 Å². The van der Waals surface area contributed by atoms with Gasteiger partial charge in [-0.25, -0.2) is 0 Å². The van der Waals surface area contributed by atoms with E-state index in [4.69, 9.17) is 9.47 Å². The van der Waals surface area contributed by atoms with Crippen LogP contribution in [0.25, 0.3) is 0 Å². The highest BCUT2D eigenvalue weighted by Crippen LogP contribution is 2.26. The van der Waals surface area contributed by atoms with Crippen LogP contribution in [0.4, 0.5) is 0 Å². The molecule has 0 spiro atoms. The van der Waals surface area contributed by atoms with Gasteiger partial charge >= 0.3 is 0 Å². The van der Waals surface area contributed by atoms with E-state index in [9.17, 15) is 4.79 Å². The minimum atomic E-state index is -0.112. The topological polar surface area (TPSA) is 53.4 Å². The molecule has 0 bridgehead atoms. The average molecular weight is 260 g/mol. The van der Waals surface area contributed by atoms with Crippen molar-refractivity contribution in [2.75, 3.05) is 14.2 Å². The number of carbonyl (C=O) groups excluding carboxylic acids is 1. The van der Waals surface area contributed by atoms with E-state index in [1.165, 1.54) is 7.11 Å². The molecule has 0 saturated heterocycles. The molecule has 1 aromatic heterocycles. The summed E-state index contributed by atoms with van der Waals surface area (Å²) in [6, 6.07) is 5.13. The maximum atomic E-state index is 12.4. The smallest absolute Gasteiger partial charge is 0.199 e. The van der Waals surface area contributed by atoms with Crippen LogP contribution in [0, 0.1) is 0 Å². The first kappa shape index (κ1) is 13.1. The molecule has 2 rings (SSSR count). The monoisotopic (exact) mass is 260 g/mol. The molecular formula is C14H16N2O3. The van der Waals surface area contributed by atoms with Crippen molar-refractivity contribution >= 4 is 5.78 Å². The molecule has 0 N–H and O–H groups in total. The zero-order chi connectivity index (χ0) is 13.8. The Morgan fingerprint density at radius 3 is 2.68 bits per heavy atom. The Bertz CT molecular complexity index is 590. The van der Waals surface area contributed by atoms with Crippen LogP contribution in [-0.2, 0) is 6.54 Å². The van der Waals surface area contributed by atoms with Crippen LogP contribution >= 0.6 is 0 Å². The predicted molar refractivity (Wildman–Crippen MR) is 70.9 cm³/mol. The van der Waals surface area contributed by atoms with E-state index >= 15 is 0 Å². The lowest BCUT2D eigenvalue weighted by atomic mass is 10.1. The molecule has 0 aliphatic carbocycles. The van der Waals surface area contributed by atoms with Crippen LogP contribution in [0.2, 0.25) is 0 Å². The number of rotatable bonds is 5. The van der Waals surface area contributed by atoms with Gasteiger partial charge in [-0.15, -0.1) is 0 Å². The van der Waals surface area contributed by atoms with Crippen LogP contribution in [0.3, 0.4) is 0 Å². The summed E-state index contributed by atoms with van der Waals surface area (Å²) in [6.45, 7) is 2.70. The summed E-state index contributed by atoms with van der Waals surface area (Å²) >= 11 is 0. The molecule has 5 heteroatoms. The number of ether oxygens (including phenoxy) is 2. The summed E-state index contributed by atoms with van der Waals surface area (Å²) in [7, 11) is 3.10. The predicted octanol–water partition coefficient (Wildman–Crippen LogP) is 2.15. The third kappa shape index (κ3) is 2.59. The fourth-order valence-corrected chi connectivity index (χ4v) is 1.80. The third-order valence-electron chi connectivity index (χ3n) is 2.87. The first-order valence-electron chi connectivity index (χ1n) is 5.98. The maximum Gasteiger partial charge on any atom is 0.199 e. The first-order chi connectivity index (χ1) is 9.19. The van der Waals surface area contributed by atoms with Gasteiger partial charge in [0.05, 0.1) is 31.5 Å². The van der Waals surface area contributed by atoms with Gasteiger partial charge in [0.25, 0.3) is 0 Å². The van der Waals surface area contributed by atoms with Crippen molar-refractivity contribution in [3.05, 3.63) is 41.7 Å². The third-order valence-corrected chi connectivity index (χ3v) is 2.87. The minimum absolute atomic E-state index is 0.112. The summed E-state index contributed by atoms with van der Waals surface area (Å²) in [6.07, 6.45) is 3.29. The number of benzene rings is 1. The number of nitrogens with zero attached hydrogens (tertiary/aromatic N) is 2. The van der Waals surface area contributed by atoms with Gasteiger partial charge in [-0.2, -0.15) is 5.10 Å². The average Bonchev–Trinajstić information content (AvgIpc) is 2.94. The summed E-state index contributed by atoms with van der Waals surface area (Å²) in [5.74, 6) is 1.03. The van der Waals surface area contributed by atoms with E-state index in [0.29, 0.717) is 22.6 Å². The quantitative estimate of drug-likeness (QED) is 0.773. The van der Waals surface area contributed by atoms with E-state index in [1.807, 2.05) is 6.92 Å². The number of aryl methyl sites for hydroxylation is 1. The Morgan fingerprint density at radius 1 is 1.32 bits per heavy atom. The van der Waals surface area contributed by atoms with E-state index in [0.717, 1.165) is 6.54 Å². The van der Waals surface area contributed by atoms with Crippen molar-refractivity contribution < 1.29 is 14.3 Å². The number of carbonyl (C=O) groups is 1. The van der Waals surface area contributed by atoms with Crippen molar-refractivity contribution in [2.45, 2.75) is 13.5 Å². The minimum Gasteiger partial charge on any atom is -0.497 e. The molecule has 0 unspecified atom stereocenters. The molecule has 0 atom stereocenters. The van der Waals surface area contributed by atoms with Gasteiger partial charge in [-0.3, -0.25) is 9.48 Å². The zero-order valence-corrected chi connectivity index (χ0v) is 11.2. The highest BCUT2D eigenvalue weighted by molar-refractivity contribution is 6.10. The van der Waals surface area contributed by atoms with Crippen LogP contribution in [0.1, 0.15) is 22.8 Å². The fourth-order valence-electron chi connectivity index (χ4n) is 1.80. The molecule has 5 nitrogen and oxygen atoms in total. The van der Waals surface area contributed by atoms with Gasteiger partial charge in [0.2, 0.25) is 0 Å². The van der Waals surface area contributed by atoms with Crippen molar-refractivity contribution in [2.24, 2.45) is 0 Å². The van der Waals surface area contributed by atoms with E-state index in [1.54, 1.807) is 42.4 Å². The molecule has 0 saturated carbocycles. The molecular weight excluding hydrogens is 244 g/mol. The molecule has 1 aromatic carbocycles. The van der Waals surface area contributed by atoms with Crippen LogP contribution in [-0.4, -0.2) is 29.8 Å². The SMILES string of the molecule is CCn1cc(C(=O)c2ccc(OC)cc2OC)cn1. The molecule has 0 aliphatic heterocycles. The fraction of sp³-hybridized carbons (Fsp3) is 0.286. The van der Waals surface area contributed by atoms with Gasteiger partial charge < -0.3 is 9.47 Å². The van der Waals surface area contributed by atoms with Gasteiger partial charge in [0, 0.05) is 18.8 Å². The van der Waals surface area contributed by atoms with Crippen molar-refractivity contribution in [3.63, 3.8) is 0 Å². The molecule has 1 heterocycles. The van der Waals surface area contributed by atoms with E-state index in [-0.39, 0.29) is 5.78 Å². The lowest BCUT2D eigenvalue weighted by Crippen LogP contribution is -2.03. The van der Waals surface area contributed by atoms with Crippen molar-refractivity contribution in [1.29, 1.82) is 0 Å². The summed E-state index contributed by atoms with van der Waals surface area (Å²) in [5, 5.41) is 4.10. The Morgan fingerprint density at radius 2 is 2.11 bits per heavy atom. The number of methoxy groups -OCH3 is 2. The van der Waals surface area contributed by atoms with Gasteiger partial charge in [0.1, 0.15) is 11.5 Å². The molecule has 19 heavy (non-hydrogen) atoms. The molecule has 0 radical (unpaired) electrons. The van der Waals surface area contributed by atoms with Crippen LogP contribution < -0.4 is 9.47 Å².